The van der Waals surface area contributed by atoms with Gasteiger partial charge in [0.15, 0.2) is 0 Å². The van der Waals surface area contributed by atoms with E-state index in [1.165, 1.54) is 32.1 Å². The second kappa shape index (κ2) is 4.59. The zero-order valence-corrected chi connectivity index (χ0v) is 9.26. The van der Waals surface area contributed by atoms with Crippen LogP contribution in [-0.2, 0) is 0 Å². The molecule has 0 saturated heterocycles. The van der Waals surface area contributed by atoms with Crippen molar-refractivity contribution in [1.82, 2.24) is 20.2 Å². The average Bonchev–Trinajstić information content (AvgIpc) is 2.68. The first-order chi connectivity index (χ1) is 7.33. The Hall–Kier alpha value is -1.13. The minimum Gasteiger partial charge on any atom is -0.367 e. The van der Waals surface area contributed by atoms with E-state index in [1.807, 2.05) is 0 Å². The molecule has 0 bridgehead atoms. The number of hydrogen-bond acceptors (Lipinski definition) is 4. The molecule has 0 aliphatic heterocycles. The van der Waals surface area contributed by atoms with Gasteiger partial charge in [-0.2, -0.15) is 0 Å². The second-order valence-electron chi connectivity index (χ2n) is 4.36. The van der Waals surface area contributed by atoms with E-state index in [2.05, 4.69) is 22.4 Å². The third kappa shape index (κ3) is 2.11. The first-order valence-electron chi connectivity index (χ1n) is 5.86. The van der Waals surface area contributed by atoms with Crippen LogP contribution in [0.1, 0.15) is 51.5 Å². The van der Waals surface area contributed by atoms with Crippen molar-refractivity contribution < 1.29 is 0 Å². The summed E-state index contributed by atoms with van der Waals surface area (Å²) in [6, 6.07) is 0.389. The number of rotatable bonds is 3. The minimum atomic E-state index is 0.389. The summed E-state index contributed by atoms with van der Waals surface area (Å²) in [6.07, 6.45) is 7.68. The van der Waals surface area contributed by atoms with Crippen molar-refractivity contribution in [1.29, 1.82) is 0 Å². The normalized spacial score (nSPS) is 20.3. The van der Waals surface area contributed by atoms with Crippen LogP contribution in [0.15, 0.2) is 0 Å². The van der Waals surface area contributed by atoms with E-state index in [-0.39, 0.29) is 0 Å². The van der Waals surface area contributed by atoms with E-state index >= 15 is 0 Å². The molecule has 1 fully saturated rings. The molecular formula is C10H19N5. The van der Waals surface area contributed by atoms with Gasteiger partial charge in [0.05, 0.1) is 6.04 Å². The fourth-order valence-corrected chi connectivity index (χ4v) is 2.66. The highest BCUT2D eigenvalue weighted by Crippen LogP contribution is 2.34. The maximum Gasteiger partial charge on any atom is 0.240 e. The van der Waals surface area contributed by atoms with Gasteiger partial charge in [-0.05, 0) is 35.6 Å². The van der Waals surface area contributed by atoms with E-state index in [9.17, 15) is 0 Å². The smallest absolute Gasteiger partial charge is 0.240 e. The standard InChI is InChI=1S/C10H19N5/c1-2-9(8-6-4-3-5-7-8)15-10(11)12-13-14-15/h8-9H,2-7H2,1H3,(H2,11,12,14). The molecule has 5 nitrogen and oxygen atoms in total. The molecule has 1 heterocycles. The Balaban J connectivity index is 2.12. The van der Waals surface area contributed by atoms with Gasteiger partial charge >= 0.3 is 0 Å². The largest absolute Gasteiger partial charge is 0.367 e. The minimum absolute atomic E-state index is 0.389. The summed E-state index contributed by atoms with van der Waals surface area (Å²) in [5.74, 6) is 1.15. The van der Waals surface area contributed by atoms with Crippen molar-refractivity contribution in [3.63, 3.8) is 0 Å². The van der Waals surface area contributed by atoms with Gasteiger partial charge in [0, 0.05) is 0 Å². The van der Waals surface area contributed by atoms with Gasteiger partial charge in [-0.25, -0.2) is 4.68 Å². The topological polar surface area (TPSA) is 69.6 Å². The molecule has 1 atom stereocenters. The number of aromatic nitrogens is 4. The van der Waals surface area contributed by atoms with Crippen molar-refractivity contribution in [2.45, 2.75) is 51.5 Å². The number of nitrogens with zero attached hydrogens (tertiary/aromatic N) is 4. The van der Waals surface area contributed by atoms with E-state index in [0.717, 1.165) is 6.42 Å². The lowest BCUT2D eigenvalue weighted by molar-refractivity contribution is 0.228. The number of nitrogens with two attached hydrogens (primary N) is 1. The summed E-state index contributed by atoms with van der Waals surface area (Å²) in [5, 5.41) is 11.4. The van der Waals surface area contributed by atoms with E-state index < -0.39 is 0 Å². The number of hydrogen-bond donors (Lipinski definition) is 1. The summed E-state index contributed by atoms with van der Waals surface area (Å²) in [5.41, 5.74) is 5.75. The van der Waals surface area contributed by atoms with Gasteiger partial charge in [-0.3, -0.25) is 0 Å². The van der Waals surface area contributed by atoms with Crippen molar-refractivity contribution in [2.24, 2.45) is 5.92 Å². The van der Waals surface area contributed by atoms with Gasteiger partial charge in [0.25, 0.3) is 0 Å². The van der Waals surface area contributed by atoms with Crippen LogP contribution in [0, 0.1) is 5.92 Å². The molecule has 1 saturated carbocycles. The third-order valence-corrected chi connectivity index (χ3v) is 3.44. The zero-order chi connectivity index (χ0) is 10.7. The highest BCUT2D eigenvalue weighted by Gasteiger charge is 2.25. The molecule has 1 aliphatic carbocycles. The van der Waals surface area contributed by atoms with Crippen LogP contribution < -0.4 is 5.73 Å². The van der Waals surface area contributed by atoms with Crippen LogP contribution in [0.2, 0.25) is 0 Å². The van der Waals surface area contributed by atoms with Crippen molar-refractivity contribution >= 4 is 5.95 Å². The monoisotopic (exact) mass is 209 g/mol. The molecule has 0 spiro atoms. The van der Waals surface area contributed by atoms with Crippen LogP contribution >= 0.6 is 0 Å². The van der Waals surface area contributed by atoms with Gasteiger partial charge < -0.3 is 5.73 Å². The maximum absolute atomic E-state index is 5.75. The van der Waals surface area contributed by atoms with Crippen LogP contribution in [0.25, 0.3) is 0 Å². The van der Waals surface area contributed by atoms with Gasteiger partial charge in [0.2, 0.25) is 5.95 Å². The Morgan fingerprint density at radius 1 is 1.40 bits per heavy atom. The molecule has 15 heavy (non-hydrogen) atoms. The lowest BCUT2D eigenvalue weighted by Crippen LogP contribution is -2.23. The maximum atomic E-state index is 5.75. The first kappa shape index (κ1) is 10.4. The molecule has 0 radical (unpaired) electrons. The fraction of sp³-hybridized carbons (Fsp3) is 0.900. The van der Waals surface area contributed by atoms with Gasteiger partial charge in [-0.1, -0.05) is 31.3 Å². The van der Waals surface area contributed by atoms with E-state index in [1.54, 1.807) is 4.68 Å². The Morgan fingerprint density at radius 2 is 2.13 bits per heavy atom. The first-order valence-corrected chi connectivity index (χ1v) is 5.86. The number of tetrazole rings is 1. The lowest BCUT2D eigenvalue weighted by Gasteiger charge is -2.29. The highest BCUT2D eigenvalue weighted by atomic mass is 15.6. The number of anilines is 1. The Morgan fingerprint density at radius 3 is 2.67 bits per heavy atom. The molecule has 1 aromatic heterocycles. The van der Waals surface area contributed by atoms with Gasteiger partial charge in [-0.15, -0.1) is 0 Å². The van der Waals surface area contributed by atoms with Crippen LogP contribution in [0.5, 0.6) is 0 Å². The Labute approximate surface area is 90.0 Å². The van der Waals surface area contributed by atoms with Crippen molar-refractivity contribution in [3.8, 4) is 0 Å². The Kier molecular flexibility index (Phi) is 3.18. The molecule has 84 valence electrons. The quantitative estimate of drug-likeness (QED) is 0.824. The SMILES string of the molecule is CCC(C1CCCCC1)n1nnnc1N. The van der Waals surface area contributed by atoms with Crippen LogP contribution in [0.3, 0.4) is 0 Å². The van der Waals surface area contributed by atoms with E-state index in [4.69, 9.17) is 5.73 Å². The molecule has 5 heteroatoms. The zero-order valence-electron chi connectivity index (χ0n) is 9.26. The van der Waals surface area contributed by atoms with Gasteiger partial charge in [0.1, 0.15) is 0 Å². The van der Waals surface area contributed by atoms with Crippen molar-refractivity contribution in [2.75, 3.05) is 5.73 Å². The predicted octanol–water partition coefficient (Wildman–Crippen LogP) is 1.79. The molecule has 1 unspecified atom stereocenters. The Bertz CT molecular complexity index is 303. The third-order valence-electron chi connectivity index (χ3n) is 3.44. The molecular weight excluding hydrogens is 190 g/mol. The average molecular weight is 209 g/mol. The molecule has 1 aromatic rings. The summed E-state index contributed by atoms with van der Waals surface area (Å²) >= 11 is 0. The predicted molar refractivity (Wildman–Crippen MR) is 58.1 cm³/mol. The summed E-state index contributed by atoms with van der Waals surface area (Å²) in [6.45, 7) is 2.18. The molecule has 1 aliphatic rings. The summed E-state index contributed by atoms with van der Waals surface area (Å²) < 4.78 is 1.80. The van der Waals surface area contributed by atoms with E-state index in [0.29, 0.717) is 17.9 Å². The lowest BCUT2D eigenvalue weighted by atomic mass is 9.83. The second-order valence-corrected chi connectivity index (χ2v) is 4.36. The molecule has 2 N–H and O–H groups in total. The molecule has 0 amide bonds. The molecule has 0 aromatic carbocycles. The number of nitrogen functional groups attached to an aromatic ring is 1. The fourth-order valence-electron chi connectivity index (χ4n) is 2.66. The molecule has 2 rings (SSSR count). The van der Waals surface area contributed by atoms with Crippen molar-refractivity contribution in [3.05, 3.63) is 0 Å². The van der Waals surface area contributed by atoms with Crippen LogP contribution in [0.4, 0.5) is 5.95 Å². The summed E-state index contributed by atoms with van der Waals surface area (Å²) in [4.78, 5) is 0. The van der Waals surface area contributed by atoms with Crippen LogP contribution in [-0.4, -0.2) is 20.2 Å². The highest BCUT2D eigenvalue weighted by molar-refractivity contribution is 5.11. The summed E-state index contributed by atoms with van der Waals surface area (Å²) in [7, 11) is 0.